The van der Waals surface area contributed by atoms with Gasteiger partial charge in [-0.25, -0.2) is 0 Å². The lowest BCUT2D eigenvalue weighted by Gasteiger charge is -2.36. The molecule has 0 aromatic rings. The summed E-state index contributed by atoms with van der Waals surface area (Å²) >= 11 is 2.19. The van der Waals surface area contributed by atoms with Crippen LogP contribution in [0.5, 0.6) is 0 Å². The second kappa shape index (κ2) is 6.47. The Labute approximate surface area is 113 Å². The van der Waals surface area contributed by atoms with E-state index in [9.17, 15) is 0 Å². The number of nitrogens with one attached hydrogen (secondary N) is 1. The van der Waals surface area contributed by atoms with Crippen LogP contribution in [0.25, 0.3) is 0 Å². The molecule has 0 spiro atoms. The Morgan fingerprint density at radius 1 is 1.35 bits per heavy atom. The molecule has 102 valence electrons. The van der Waals surface area contributed by atoms with Crippen molar-refractivity contribution in [1.82, 2.24) is 5.32 Å². The summed E-state index contributed by atoms with van der Waals surface area (Å²) in [6.45, 7) is 13.0. The third-order valence-electron chi connectivity index (χ3n) is 3.81. The van der Waals surface area contributed by atoms with Crippen molar-refractivity contribution in [3.05, 3.63) is 0 Å². The van der Waals surface area contributed by atoms with E-state index in [1.165, 1.54) is 44.4 Å². The van der Waals surface area contributed by atoms with Crippen molar-refractivity contribution in [2.24, 2.45) is 5.41 Å². The first-order chi connectivity index (χ1) is 7.87. The van der Waals surface area contributed by atoms with Gasteiger partial charge in [0.2, 0.25) is 0 Å². The van der Waals surface area contributed by atoms with Crippen molar-refractivity contribution in [3.8, 4) is 0 Å². The fraction of sp³-hybridized carbons (Fsp3) is 1.00. The Bertz CT molecular complexity index is 213. The van der Waals surface area contributed by atoms with Gasteiger partial charge in [0.05, 0.1) is 0 Å². The predicted octanol–water partition coefficient (Wildman–Crippen LogP) is 4.47. The van der Waals surface area contributed by atoms with Crippen LogP contribution in [0.15, 0.2) is 0 Å². The average Bonchev–Trinajstić information content (AvgIpc) is 2.64. The molecule has 0 radical (unpaired) electrons. The quantitative estimate of drug-likeness (QED) is 0.753. The molecule has 2 unspecified atom stereocenters. The molecule has 0 amide bonds. The molecule has 17 heavy (non-hydrogen) atoms. The fourth-order valence-electron chi connectivity index (χ4n) is 2.59. The van der Waals surface area contributed by atoms with Crippen LogP contribution in [-0.2, 0) is 0 Å². The lowest BCUT2D eigenvalue weighted by atomic mass is 9.84. The summed E-state index contributed by atoms with van der Waals surface area (Å²) in [4.78, 5) is 0. The molecule has 0 aromatic heterocycles. The lowest BCUT2D eigenvalue weighted by molar-refractivity contribution is 0.299. The molecule has 1 nitrogen and oxygen atoms in total. The Hall–Kier alpha value is 0.310. The van der Waals surface area contributed by atoms with Gasteiger partial charge in [0.1, 0.15) is 0 Å². The largest absolute Gasteiger partial charge is 0.313 e. The maximum absolute atomic E-state index is 3.80. The van der Waals surface area contributed by atoms with Gasteiger partial charge in [0.15, 0.2) is 0 Å². The van der Waals surface area contributed by atoms with Crippen LogP contribution in [0.2, 0.25) is 0 Å². The van der Waals surface area contributed by atoms with E-state index in [1.54, 1.807) is 0 Å². The third-order valence-corrected chi connectivity index (χ3v) is 5.45. The van der Waals surface area contributed by atoms with Gasteiger partial charge >= 0.3 is 0 Å². The zero-order chi connectivity index (χ0) is 12.9. The highest BCUT2D eigenvalue weighted by Gasteiger charge is 2.37. The second-order valence-corrected chi connectivity index (χ2v) is 8.50. The van der Waals surface area contributed by atoms with Crippen molar-refractivity contribution in [2.45, 2.75) is 77.5 Å². The number of hydrogen-bond donors (Lipinski definition) is 1. The number of rotatable bonds is 6. The first-order valence-corrected chi connectivity index (χ1v) is 8.23. The van der Waals surface area contributed by atoms with Crippen LogP contribution in [0, 0.1) is 5.41 Å². The first kappa shape index (κ1) is 15.4. The van der Waals surface area contributed by atoms with Gasteiger partial charge < -0.3 is 5.32 Å². The summed E-state index contributed by atoms with van der Waals surface area (Å²) < 4.78 is 0.487. The van der Waals surface area contributed by atoms with Crippen LogP contribution in [-0.4, -0.2) is 23.1 Å². The van der Waals surface area contributed by atoms with E-state index in [1.807, 2.05) is 0 Å². The predicted molar refractivity (Wildman–Crippen MR) is 80.9 cm³/mol. The van der Waals surface area contributed by atoms with Crippen molar-refractivity contribution in [3.63, 3.8) is 0 Å². The van der Waals surface area contributed by atoms with Crippen LogP contribution in [0.1, 0.15) is 66.7 Å². The lowest BCUT2D eigenvalue weighted by Crippen LogP contribution is -2.46. The minimum atomic E-state index is 0.464. The summed E-state index contributed by atoms with van der Waals surface area (Å²) in [7, 11) is 0. The maximum atomic E-state index is 3.80. The van der Waals surface area contributed by atoms with Gasteiger partial charge in [-0.3, -0.25) is 0 Å². The van der Waals surface area contributed by atoms with Crippen molar-refractivity contribution >= 4 is 11.8 Å². The summed E-state index contributed by atoms with van der Waals surface area (Å²) in [5.74, 6) is 1.36. The van der Waals surface area contributed by atoms with Crippen LogP contribution in [0.4, 0.5) is 0 Å². The van der Waals surface area contributed by atoms with Gasteiger partial charge in [-0.1, -0.05) is 27.7 Å². The van der Waals surface area contributed by atoms with Gasteiger partial charge in [-0.15, -0.1) is 0 Å². The molecule has 1 saturated heterocycles. The van der Waals surface area contributed by atoms with E-state index in [-0.39, 0.29) is 0 Å². The van der Waals surface area contributed by atoms with Gasteiger partial charge in [-0.05, 0) is 56.7 Å². The Morgan fingerprint density at radius 3 is 2.53 bits per heavy atom. The molecular formula is C15H31NS. The number of hydrogen-bond acceptors (Lipinski definition) is 2. The monoisotopic (exact) mass is 257 g/mol. The molecule has 1 N–H and O–H groups in total. The zero-order valence-electron chi connectivity index (χ0n) is 12.4. The highest BCUT2D eigenvalue weighted by Crippen LogP contribution is 2.42. The zero-order valence-corrected chi connectivity index (χ0v) is 13.3. The van der Waals surface area contributed by atoms with E-state index in [2.05, 4.69) is 51.7 Å². The molecule has 0 aliphatic carbocycles. The Kier molecular flexibility index (Phi) is 5.85. The molecule has 0 aromatic carbocycles. The SMILES string of the molecule is CCCNC(CCC(C)(C)C)C1(C)CCCS1. The van der Waals surface area contributed by atoms with Gasteiger partial charge in [0.25, 0.3) is 0 Å². The van der Waals surface area contributed by atoms with Crippen molar-refractivity contribution in [1.29, 1.82) is 0 Å². The smallest absolute Gasteiger partial charge is 0.0285 e. The molecule has 0 bridgehead atoms. The van der Waals surface area contributed by atoms with Gasteiger partial charge in [-0.2, -0.15) is 11.8 Å². The fourth-order valence-corrected chi connectivity index (χ4v) is 4.04. The minimum Gasteiger partial charge on any atom is -0.313 e. The summed E-state index contributed by atoms with van der Waals surface area (Å²) in [5, 5.41) is 3.80. The Morgan fingerprint density at radius 2 is 2.06 bits per heavy atom. The topological polar surface area (TPSA) is 12.0 Å². The van der Waals surface area contributed by atoms with E-state index in [4.69, 9.17) is 0 Å². The molecule has 1 rings (SSSR count). The standard InChI is InChI=1S/C15H31NS/c1-6-11-16-13(8-10-14(2,3)4)15(5)9-7-12-17-15/h13,16H,6-12H2,1-5H3. The normalized spacial score (nSPS) is 27.4. The number of thioether (sulfide) groups is 1. The maximum Gasteiger partial charge on any atom is 0.0285 e. The molecule has 1 fully saturated rings. The summed E-state index contributed by atoms with van der Waals surface area (Å²) in [6, 6.07) is 0.703. The highest BCUT2D eigenvalue weighted by molar-refractivity contribution is 8.00. The minimum absolute atomic E-state index is 0.464. The van der Waals surface area contributed by atoms with Crippen molar-refractivity contribution < 1.29 is 0 Å². The molecular weight excluding hydrogens is 226 g/mol. The van der Waals surface area contributed by atoms with E-state index >= 15 is 0 Å². The molecule has 1 aliphatic rings. The van der Waals surface area contributed by atoms with Gasteiger partial charge in [0, 0.05) is 10.8 Å². The second-order valence-electron chi connectivity index (χ2n) is 6.87. The van der Waals surface area contributed by atoms with E-state index in [0.717, 1.165) is 0 Å². The highest BCUT2D eigenvalue weighted by atomic mass is 32.2. The molecule has 2 atom stereocenters. The van der Waals surface area contributed by atoms with Crippen LogP contribution >= 0.6 is 11.8 Å². The molecule has 0 saturated carbocycles. The van der Waals surface area contributed by atoms with Crippen LogP contribution < -0.4 is 5.32 Å². The summed E-state index contributed by atoms with van der Waals surface area (Å²) in [6.07, 6.45) is 6.69. The Balaban J connectivity index is 2.53. The van der Waals surface area contributed by atoms with Crippen molar-refractivity contribution in [2.75, 3.05) is 12.3 Å². The summed E-state index contributed by atoms with van der Waals surface area (Å²) in [5.41, 5.74) is 0.464. The molecule has 1 heterocycles. The third kappa shape index (κ3) is 5.21. The first-order valence-electron chi connectivity index (χ1n) is 7.25. The molecule has 1 aliphatic heterocycles. The average molecular weight is 257 g/mol. The van der Waals surface area contributed by atoms with E-state index < -0.39 is 0 Å². The van der Waals surface area contributed by atoms with Crippen LogP contribution in [0.3, 0.4) is 0 Å². The van der Waals surface area contributed by atoms with E-state index in [0.29, 0.717) is 16.2 Å². The molecule has 2 heteroatoms.